The Morgan fingerprint density at radius 2 is 2.15 bits per heavy atom. The number of nitrogens with one attached hydrogen (secondary N) is 1. The van der Waals surface area contributed by atoms with Crippen LogP contribution in [0.2, 0.25) is 0 Å². The molecule has 0 saturated carbocycles. The van der Waals surface area contributed by atoms with E-state index in [0.717, 1.165) is 35.7 Å². The number of hydrogen-bond donors (Lipinski definition) is 2. The third kappa shape index (κ3) is 2.47. The molecule has 0 amide bonds. The lowest BCUT2D eigenvalue weighted by Gasteiger charge is -2.33. The van der Waals surface area contributed by atoms with Crippen molar-refractivity contribution in [3.8, 4) is 0 Å². The average Bonchev–Trinajstić information content (AvgIpc) is 2.53. The van der Waals surface area contributed by atoms with Crippen molar-refractivity contribution in [1.82, 2.24) is 10.3 Å². The fraction of sp³-hybridized carbons (Fsp3) is 0.353. The highest BCUT2D eigenvalue weighted by Crippen LogP contribution is 2.29. The molecule has 3 nitrogen and oxygen atoms in total. The van der Waals surface area contributed by atoms with Gasteiger partial charge < -0.3 is 10.4 Å². The maximum atomic E-state index is 10.7. The summed E-state index contributed by atoms with van der Waals surface area (Å²) >= 11 is 0. The summed E-state index contributed by atoms with van der Waals surface area (Å²) in [6, 6.07) is 10.3. The first-order valence-electron chi connectivity index (χ1n) is 7.20. The molecule has 1 aliphatic rings. The van der Waals surface area contributed by atoms with Gasteiger partial charge in [0.05, 0.1) is 11.6 Å². The molecule has 0 aliphatic carbocycles. The van der Waals surface area contributed by atoms with Crippen LogP contribution in [0, 0.1) is 0 Å². The summed E-state index contributed by atoms with van der Waals surface area (Å²) < 4.78 is 0. The van der Waals surface area contributed by atoms with Gasteiger partial charge in [-0.3, -0.25) is 4.98 Å². The van der Waals surface area contributed by atoms with E-state index in [9.17, 15) is 5.11 Å². The summed E-state index contributed by atoms with van der Waals surface area (Å²) in [4.78, 5) is 4.35. The summed E-state index contributed by atoms with van der Waals surface area (Å²) in [5, 5.41) is 15.2. The van der Waals surface area contributed by atoms with Gasteiger partial charge in [-0.2, -0.15) is 0 Å². The largest absolute Gasteiger partial charge is 0.387 e. The van der Waals surface area contributed by atoms with Crippen LogP contribution < -0.4 is 5.32 Å². The Balaban J connectivity index is 1.92. The fourth-order valence-electron chi connectivity index (χ4n) is 3.03. The molecule has 0 unspecified atom stereocenters. The number of aliphatic hydroxyl groups excluding tert-OH is 1. The predicted molar refractivity (Wildman–Crippen MR) is 81.5 cm³/mol. The maximum absolute atomic E-state index is 10.7. The second-order valence-corrected chi connectivity index (χ2v) is 5.41. The Kier molecular flexibility index (Phi) is 3.81. The fourth-order valence-corrected chi connectivity index (χ4v) is 3.03. The van der Waals surface area contributed by atoms with E-state index in [1.165, 1.54) is 0 Å². The van der Waals surface area contributed by atoms with Crippen molar-refractivity contribution in [1.29, 1.82) is 0 Å². The van der Waals surface area contributed by atoms with Crippen LogP contribution in [0.25, 0.3) is 10.9 Å². The van der Waals surface area contributed by atoms with Crippen LogP contribution in [0.3, 0.4) is 0 Å². The number of pyridine rings is 1. The highest BCUT2D eigenvalue weighted by Gasteiger charge is 2.27. The standard InChI is InChI=1S/C17H20N2O/c1-2-12-6-5-9-16(19-12)17(20)14-10-11-18-15-8-4-3-7-13(14)15/h2-4,7-8,10-12,16-17,19-20H,1,5-6,9H2/t12-,16-,17+/m1/s1. The first-order chi connectivity index (χ1) is 9.79. The Morgan fingerprint density at radius 1 is 1.30 bits per heavy atom. The van der Waals surface area contributed by atoms with E-state index in [1.54, 1.807) is 6.20 Å². The molecule has 2 aromatic rings. The van der Waals surface area contributed by atoms with E-state index in [1.807, 2.05) is 36.4 Å². The van der Waals surface area contributed by atoms with E-state index in [0.29, 0.717) is 6.04 Å². The normalized spacial score (nSPS) is 24.4. The molecule has 2 N–H and O–H groups in total. The topological polar surface area (TPSA) is 45.2 Å². The number of hydrogen-bond acceptors (Lipinski definition) is 3. The van der Waals surface area contributed by atoms with Gasteiger partial charge in [0.1, 0.15) is 0 Å². The van der Waals surface area contributed by atoms with E-state index in [2.05, 4.69) is 16.9 Å². The molecule has 3 atom stereocenters. The van der Waals surface area contributed by atoms with Gasteiger partial charge in [0.25, 0.3) is 0 Å². The average molecular weight is 268 g/mol. The zero-order valence-corrected chi connectivity index (χ0v) is 11.5. The third-order valence-electron chi connectivity index (χ3n) is 4.13. The van der Waals surface area contributed by atoms with Gasteiger partial charge in [0, 0.05) is 23.7 Å². The molecule has 1 aromatic heterocycles. The zero-order chi connectivity index (χ0) is 13.9. The van der Waals surface area contributed by atoms with Crippen molar-refractivity contribution in [3.05, 3.63) is 54.7 Å². The number of fused-ring (bicyclic) bond motifs is 1. The number of benzene rings is 1. The molecule has 0 spiro atoms. The van der Waals surface area contributed by atoms with Crippen molar-refractivity contribution in [2.75, 3.05) is 0 Å². The van der Waals surface area contributed by atoms with Crippen molar-refractivity contribution in [2.45, 2.75) is 37.5 Å². The monoisotopic (exact) mass is 268 g/mol. The minimum Gasteiger partial charge on any atom is -0.387 e. The number of aliphatic hydroxyl groups is 1. The lowest BCUT2D eigenvalue weighted by Crippen LogP contribution is -2.44. The van der Waals surface area contributed by atoms with Crippen molar-refractivity contribution >= 4 is 10.9 Å². The second-order valence-electron chi connectivity index (χ2n) is 5.41. The van der Waals surface area contributed by atoms with Crippen LogP contribution in [0.4, 0.5) is 0 Å². The quantitative estimate of drug-likeness (QED) is 0.841. The third-order valence-corrected chi connectivity index (χ3v) is 4.13. The second kappa shape index (κ2) is 5.73. The zero-order valence-electron chi connectivity index (χ0n) is 11.5. The van der Waals surface area contributed by atoms with E-state index < -0.39 is 6.10 Å². The summed E-state index contributed by atoms with van der Waals surface area (Å²) in [7, 11) is 0. The molecule has 20 heavy (non-hydrogen) atoms. The predicted octanol–water partition coefficient (Wildman–Crippen LogP) is 2.96. The summed E-state index contributed by atoms with van der Waals surface area (Å²) in [5.74, 6) is 0. The van der Waals surface area contributed by atoms with E-state index >= 15 is 0 Å². The van der Waals surface area contributed by atoms with Crippen LogP contribution in [0.5, 0.6) is 0 Å². The van der Waals surface area contributed by atoms with Gasteiger partial charge >= 0.3 is 0 Å². The molecule has 0 radical (unpaired) electrons. The molecule has 3 heteroatoms. The highest BCUT2D eigenvalue weighted by molar-refractivity contribution is 5.82. The van der Waals surface area contributed by atoms with Gasteiger partial charge in [0.15, 0.2) is 0 Å². The van der Waals surface area contributed by atoms with Gasteiger partial charge in [-0.15, -0.1) is 6.58 Å². The molecule has 1 aliphatic heterocycles. The molecule has 1 saturated heterocycles. The highest BCUT2D eigenvalue weighted by atomic mass is 16.3. The van der Waals surface area contributed by atoms with Crippen molar-refractivity contribution < 1.29 is 5.11 Å². The minimum atomic E-state index is -0.509. The number of rotatable bonds is 3. The van der Waals surface area contributed by atoms with Crippen LogP contribution in [-0.4, -0.2) is 22.2 Å². The molecule has 1 aromatic carbocycles. The minimum absolute atomic E-state index is 0.0811. The van der Waals surface area contributed by atoms with Crippen LogP contribution in [0.1, 0.15) is 30.9 Å². The van der Waals surface area contributed by atoms with Crippen LogP contribution >= 0.6 is 0 Å². The maximum Gasteiger partial charge on any atom is 0.0950 e. The van der Waals surface area contributed by atoms with E-state index in [-0.39, 0.29) is 6.04 Å². The molecule has 0 bridgehead atoms. The Morgan fingerprint density at radius 3 is 3.00 bits per heavy atom. The Bertz CT molecular complexity index is 605. The number of nitrogens with zero attached hydrogens (tertiary/aromatic N) is 1. The van der Waals surface area contributed by atoms with Gasteiger partial charge in [-0.1, -0.05) is 24.3 Å². The van der Waals surface area contributed by atoms with Gasteiger partial charge in [-0.25, -0.2) is 0 Å². The van der Waals surface area contributed by atoms with Gasteiger partial charge in [-0.05, 0) is 37.0 Å². The summed E-state index contributed by atoms with van der Waals surface area (Å²) in [5.41, 5.74) is 1.89. The molecule has 2 heterocycles. The van der Waals surface area contributed by atoms with Crippen LogP contribution in [-0.2, 0) is 0 Å². The molecule has 3 rings (SSSR count). The molecular formula is C17H20N2O. The van der Waals surface area contributed by atoms with Crippen molar-refractivity contribution in [3.63, 3.8) is 0 Å². The lowest BCUT2D eigenvalue weighted by atomic mass is 9.90. The number of para-hydroxylation sites is 1. The first-order valence-corrected chi connectivity index (χ1v) is 7.20. The van der Waals surface area contributed by atoms with Crippen molar-refractivity contribution in [2.24, 2.45) is 0 Å². The Labute approximate surface area is 119 Å². The van der Waals surface area contributed by atoms with Crippen LogP contribution in [0.15, 0.2) is 49.2 Å². The molecule has 104 valence electrons. The van der Waals surface area contributed by atoms with E-state index in [4.69, 9.17) is 0 Å². The smallest absolute Gasteiger partial charge is 0.0950 e. The number of aromatic nitrogens is 1. The summed E-state index contributed by atoms with van der Waals surface area (Å²) in [6.07, 6.45) is 6.41. The SMILES string of the molecule is C=C[C@@H]1CCC[C@H]([C@@H](O)c2ccnc3ccccc23)N1. The van der Waals surface area contributed by atoms with Gasteiger partial charge in [0.2, 0.25) is 0 Å². The molecule has 1 fully saturated rings. The first kappa shape index (κ1) is 13.3. The summed E-state index contributed by atoms with van der Waals surface area (Å²) in [6.45, 7) is 3.85. The molecular weight excluding hydrogens is 248 g/mol. The lowest BCUT2D eigenvalue weighted by molar-refractivity contribution is 0.108. The number of piperidine rings is 1. The Hall–Kier alpha value is -1.71.